The number of rotatable bonds is 9. The normalized spacial score (nSPS) is 15.9. The minimum absolute atomic E-state index is 0.0576. The number of carbonyl (C=O) groups is 2. The molecule has 0 N–H and O–H groups in total. The van der Waals surface area contributed by atoms with E-state index in [4.69, 9.17) is 18.9 Å². The van der Waals surface area contributed by atoms with E-state index >= 15 is 0 Å². The van der Waals surface area contributed by atoms with Crippen LogP contribution in [0.3, 0.4) is 0 Å². The van der Waals surface area contributed by atoms with Crippen LogP contribution in [-0.2, 0) is 16.0 Å². The molecule has 0 saturated carbocycles. The van der Waals surface area contributed by atoms with Crippen LogP contribution in [0.15, 0.2) is 60.0 Å². The van der Waals surface area contributed by atoms with Crippen molar-refractivity contribution in [3.63, 3.8) is 0 Å². The highest BCUT2D eigenvalue weighted by Crippen LogP contribution is 2.35. The fourth-order valence-electron chi connectivity index (χ4n) is 4.49. The molecular formula is C27H28N2O6S. The van der Waals surface area contributed by atoms with E-state index in [1.165, 1.54) is 9.78 Å². The van der Waals surface area contributed by atoms with Crippen LogP contribution < -0.4 is 14.2 Å². The lowest BCUT2D eigenvalue weighted by atomic mass is 10.0. The van der Waals surface area contributed by atoms with Gasteiger partial charge in [0.25, 0.3) is 5.91 Å². The fourth-order valence-corrected chi connectivity index (χ4v) is 5.41. The van der Waals surface area contributed by atoms with Gasteiger partial charge in [0.05, 0.1) is 12.6 Å². The molecule has 2 aliphatic heterocycles. The SMILES string of the molecule is COCCN(CC(=O)N1CCc2sccc2[C@H]1COc1ccccc1)C(=O)c1ccc2c(c1)OCO2. The number of hydrogen-bond donors (Lipinski definition) is 0. The number of methoxy groups -OCH3 is 1. The average Bonchev–Trinajstić information content (AvgIpc) is 3.59. The van der Waals surface area contributed by atoms with Crippen molar-refractivity contribution in [2.75, 3.05) is 46.8 Å². The molecule has 1 atom stereocenters. The molecule has 0 saturated heterocycles. The standard InChI is InChI=1S/C27H28N2O6S/c1-32-13-12-28(27(31)19-7-8-23-24(15-19)35-18-34-23)16-26(30)29-11-9-25-21(10-14-36-25)22(29)17-33-20-5-3-2-4-6-20/h2-8,10,14-15,22H,9,11-13,16-18H2,1H3/t22-/m1/s1. The van der Waals surface area contributed by atoms with Crippen LogP contribution in [0.1, 0.15) is 26.8 Å². The summed E-state index contributed by atoms with van der Waals surface area (Å²) in [6.07, 6.45) is 0.786. The van der Waals surface area contributed by atoms with Gasteiger partial charge in [0, 0.05) is 30.6 Å². The van der Waals surface area contributed by atoms with E-state index in [2.05, 4.69) is 11.4 Å². The highest BCUT2D eigenvalue weighted by Gasteiger charge is 2.34. The Labute approximate surface area is 213 Å². The Kier molecular flexibility index (Phi) is 7.39. The van der Waals surface area contributed by atoms with Gasteiger partial charge in [-0.25, -0.2) is 0 Å². The van der Waals surface area contributed by atoms with Crippen LogP contribution >= 0.6 is 11.3 Å². The monoisotopic (exact) mass is 508 g/mol. The Morgan fingerprint density at radius 2 is 1.94 bits per heavy atom. The second-order valence-electron chi connectivity index (χ2n) is 8.56. The second kappa shape index (κ2) is 11.0. The molecule has 3 aromatic rings. The third kappa shape index (κ3) is 5.17. The lowest BCUT2D eigenvalue weighted by molar-refractivity contribution is -0.135. The van der Waals surface area contributed by atoms with Gasteiger partial charge in [-0.2, -0.15) is 0 Å². The number of carbonyl (C=O) groups excluding carboxylic acids is 2. The van der Waals surface area contributed by atoms with E-state index in [1.807, 2.05) is 35.2 Å². The molecule has 8 nitrogen and oxygen atoms in total. The van der Waals surface area contributed by atoms with Gasteiger partial charge in [0.2, 0.25) is 12.7 Å². The van der Waals surface area contributed by atoms with E-state index in [9.17, 15) is 9.59 Å². The molecule has 0 fully saturated rings. The van der Waals surface area contributed by atoms with Crippen molar-refractivity contribution in [3.05, 3.63) is 76.0 Å². The molecule has 3 heterocycles. The third-order valence-corrected chi connectivity index (χ3v) is 7.36. The zero-order valence-corrected chi connectivity index (χ0v) is 20.9. The molecule has 188 valence electrons. The van der Waals surface area contributed by atoms with Crippen molar-refractivity contribution in [1.82, 2.24) is 9.80 Å². The summed E-state index contributed by atoms with van der Waals surface area (Å²) in [5, 5.41) is 2.06. The van der Waals surface area contributed by atoms with Gasteiger partial charge in [0.1, 0.15) is 18.9 Å². The van der Waals surface area contributed by atoms with Crippen LogP contribution in [0, 0.1) is 0 Å². The Balaban J connectivity index is 1.33. The zero-order valence-electron chi connectivity index (χ0n) is 20.1. The number of thiophene rings is 1. The van der Waals surface area contributed by atoms with E-state index in [0.717, 1.165) is 17.7 Å². The summed E-state index contributed by atoms with van der Waals surface area (Å²) in [7, 11) is 1.57. The average molecular weight is 509 g/mol. The summed E-state index contributed by atoms with van der Waals surface area (Å²) in [6.45, 7) is 1.60. The highest BCUT2D eigenvalue weighted by molar-refractivity contribution is 7.10. The van der Waals surface area contributed by atoms with Gasteiger partial charge in [-0.05, 0) is 53.8 Å². The lowest BCUT2D eigenvalue weighted by Gasteiger charge is -2.37. The number of benzene rings is 2. The molecule has 36 heavy (non-hydrogen) atoms. The maximum atomic E-state index is 13.6. The Hall–Kier alpha value is -3.56. The Morgan fingerprint density at radius 3 is 2.78 bits per heavy atom. The van der Waals surface area contributed by atoms with Crippen molar-refractivity contribution in [2.24, 2.45) is 0 Å². The summed E-state index contributed by atoms with van der Waals surface area (Å²) in [6, 6.07) is 16.5. The van der Waals surface area contributed by atoms with Gasteiger partial charge in [-0.1, -0.05) is 18.2 Å². The molecule has 9 heteroatoms. The smallest absolute Gasteiger partial charge is 0.254 e. The third-order valence-electron chi connectivity index (χ3n) is 6.36. The number of amides is 2. The van der Waals surface area contributed by atoms with Crippen molar-refractivity contribution in [2.45, 2.75) is 12.5 Å². The van der Waals surface area contributed by atoms with Gasteiger partial charge < -0.3 is 28.7 Å². The maximum Gasteiger partial charge on any atom is 0.254 e. The van der Waals surface area contributed by atoms with Crippen molar-refractivity contribution in [1.29, 1.82) is 0 Å². The van der Waals surface area contributed by atoms with Crippen LogP contribution in [0.4, 0.5) is 0 Å². The van der Waals surface area contributed by atoms with E-state index < -0.39 is 0 Å². The number of ether oxygens (including phenoxy) is 4. The predicted octanol–water partition coefficient (Wildman–Crippen LogP) is 3.77. The quantitative estimate of drug-likeness (QED) is 0.438. The largest absolute Gasteiger partial charge is 0.491 e. The van der Waals surface area contributed by atoms with Crippen LogP contribution in [0.2, 0.25) is 0 Å². The predicted molar refractivity (Wildman–Crippen MR) is 135 cm³/mol. The van der Waals surface area contributed by atoms with Crippen molar-refractivity contribution >= 4 is 23.2 Å². The summed E-state index contributed by atoms with van der Waals surface area (Å²) >= 11 is 1.70. The first-order chi connectivity index (χ1) is 17.6. The summed E-state index contributed by atoms with van der Waals surface area (Å²) in [5.74, 6) is 1.50. The van der Waals surface area contributed by atoms with Gasteiger partial charge in [-0.15, -0.1) is 11.3 Å². The van der Waals surface area contributed by atoms with E-state index in [1.54, 1.807) is 36.6 Å². The number of hydrogen-bond acceptors (Lipinski definition) is 7. The minimum atomic E-state index is -0.260. The highest BCUT2D eigenvalue weighted by atomic mass is 32.1. The van der Waals surface area contributed by atoms with Crippen LogP contribution in [0.25, 0.3) is 0 Å². The molecular weight excluding hydrogens is 480 g/mol. The molecule has 0 radical (unpaired) electrons. The first-order valence-corrected chi connectivity index (χ1v) is 12.7. The van der Waals surface area contributed by atoms with E-state index in [0.29, 0.717) is 36.8 Å². The van der Waals surface area contributed by atoms with E-state index in [-0.39, 0.29) is 37.7 Å². The number of nitrogens with zero attached hydrogens (tertiary/aromatic N) is 2. The first kappa shape index (κ1) is 24.1. The van der Waals surface area contributed by atoms with Crippen LogP contribution in [-0.4, -0.2) is 68.4 Å². The molecule has 2 aliphatic rings. The zero-order chi connectivity index (χ0) is 24.9. The molecule has 2 aromatic carbocycles. The summed E-state index contributed by atoms with van der Waals surface area (Å²) in [5.41, 5.74) is 1.55. The Morgan fingerprint density at radius 1 is 1.11 bits per heavy atom. The maximum absolute atomic E-state index is 13.6. The lowest BCUT2D eigenvalue weighted by Crippen LogP contribution is -2.48. The second-order valence-corrected chi connectivity index (χ2v) is 9.56. The molecule has 0 bridgehead atoms. The molecule has 5 rings (SSSR count). The topological polar surface area (TPSA) is 77.5 Å². The van der Waals surface area contributed by atoms with Gasteiger partial charge in [0.15, 0.2) is 11.5 Å². The first-order valence-electron chi connectivity index (χ1n) is 11.9. The fraction of sp³-hybridized carbons (Fsp3) is 0.333. The minimum Gasteiger partial charge on any atom is -0.491 e. The molecule has 2 amide bonds. The molecule has 1 aromatic heterocycles. The number of para-hydroxylation sites is 1. The summed E-state index contributed by atoms with van der Waals surface area (Å²) in [4.78, 5) is 31.7. The van der Waals surface area contributed by atoms with Crippen molar-refractivity contribution in [3.8, 4) is 17.2 Å². The van der Waals surface area contributed by atoms with Gasteiger partial charge >= 0.3 is 0 Å². The van der Waals surface area contributed by atoms with Crippen LogP contribution in [0.5, 0.6) is 17.2 Å². The number of fused-ring (bicyclic) bond motifs is 2. The molecule has 0 aliphatic carbocycles. The van der Waals surface area contributed by atoms with Crippen molar-refractivity contribution < 1.29 is 28.5 Å². The molecule has 0 unspecified atom stereocenters. The van der Waals surface area contributed by atoms with Gasteiger partial charge in [-0.3, -0.25) is 9.59 Å². The molecule has 0 spiro atoms. The summed E-state index contributed by atoms with van der Waals surface area (Å²) < 4.78 is 22.1. The Bertz CT molecular complexity index is 1210.